The molecule has 29 heavy (non-hydrogen) atoms. The lowest BCUT2D eigenvalue weighted by Gasteiger charge is -2.26. The van der Waals surface area contributed by atoms with Crippen LogP contribution in [0.1, 0.15) is 26.3 Å². The molecule has 0 radical (unpaired) electrons. The van der Waals surface area contributed by atoms with Crippen molar-refractivity contribution < 1.29 is 49.2 Å². The molecule has 1 N–H and O–H groups in total. The van der Waals surface area contributed by atoms with E-state index in [1.165, 1.54) is 12.1 Å². The lowest BCUT2D eigenvalue weighted by atomic mass is 10.0. The fraction of sp³-hybridized carbons (Fsp3) is 0.176. The van der Waals surface area contributed by atoms with E-state index in [4.69, 9.17) is 4.55 Å². The zero-order valence-corrected chi connectivity index (χ0v) is 14.9. The molecule has 0 bridgehead atoms. The predicted molar refractivity (Wildman–Crippen MR) is 88.1 cm³/mol. The molecule has 0 heterocycles. The van der Waals surface area contributed by atoms with Crippen molar-refractivity contribution in [3.05, 3.63) is 71.3 Å². The molecule has 0 saturated heterocycles. The highest BCUT2D eigenvalue weighted by Gasteiger charge is 2.66. The molecule has 2 aromatic rings. The number of benzene rings is 2. The standard InChI is InChI=1S/C17H11F5O6S/c18-16(19,20)15(17(21,22)29(25,26)27)28-14(24)12-8-6-11(7-9-12)13(23)10-4-2-1-3-5-10/h1-9,15H,(H,25,26,27). The van der Waals surface area contributed by atoms with Crippen molar-refractivity contribution in [2.75, 3.05) is 0 Å². The van der Waals surface area contributed by atoms with Gasteiger partial charge in [-0.15, -0.1) is 0 Å². The van der Waals surface area contributed by atoms with E-state index in [0.29, 0.717) is 0 Å². The number of esters is 1. The molecular formula is C17H11F5O6S. The summed E-state index contributed by atoms with van der Waals surface area (Å²) in [6.07, 6.45) is -10.4. The quantitative estimate of drug-likeness (QED) is 0.321. The summed E-state index contributed by atoms with van der Waals surface area (Å²) in [5.74, 6) is -2.41. The average molecular weight is 438 g/mol. The molecule has 0 aliphatic rings. The molecule has 0 aliphatic heterocycles. The minimum atomic E-state index is -6.54. The summed E-state index contributed by atoms with van der Waals surface area (Å²) in [6, 6.07) is 11.6. The van der Waals surface area contributed by atoms with E-state index >= 15 is 0 Å². The van der Waals surface area contributed by atoms with E-state index in [1.54, 1.807) is 18.2 Å². The molecule has 156 valence electrons. The van der Waals surface area contributed by atoms with E-state index in [0.717, 1.165) is 24.3 Å². The highest BCUT2D eigenvalue weighted by atomic mass is 32.2. The Hall–Kier alpha value is -2.86. The van der Waals surface area contributed by atoms with Crippen LogP contribution < -0.4 is 0 Å². The van der Waals surface area contributed by atoms with Gasteiger partial charge in [0.05, 0.1) is 5.56 Å². The smallest absolute Gasteiger partial charge is 0.432 e. The molecule has 2 aromatic carbocycles. The van der Waals surface area contributed by atoms with Crippen LogP contribution in [0.4, 0.5) is 22.0 Å². The van der Waals surface area contributed by atoms with Crippen molar-refractivity contribution in [2.45, 2.75) is 17.5 Å². The minimum Gasteiger partial charge on any atom is -0.441 e. The Bertz CT molecular complexity index is 1000. The van der Waals surface area contributed by atoms with Gasteiger partial charge in [0, 0.05) is 11.1 Å². The summed E-state index contributed by atoms with van der Waals surface area (Å²) in [7, 11) is -6.54. The Kier molecular flexibility index (Phi) is 6.09. The van der Waals surface area contributed by atoms with E-state index in [1.807, 2.05) is 0 Å². The number of hydrogen-bond donors (Lipinski definition) is 1. The highest BCUT2D eigenvalue weighted by Crippen LogP contribution is 2.38. The first-order valence-electron chi connectivity index (χ1n) is 7.57. The number of carbonyl (C=O) groups is 2. The highest BCUT2D eigenvalue weighted by molar-refractivity contribution is 7.86. The Balaban J connectivity index is 2.26. The minimum absolute atomic E-state index is 0.0448. The van der Waals surface area contributed by atoms with Crippen LogP contribution in [-0.4, -0.2) is 42.3 Å². The first-order chi connectivity index (χ1) is 13.2. The molecule has 0 aromatic heterocycles. The number of alkyl halides is 5. The molecule has 0 fully saturated rings. The third-order valence-electron chi connectivity index (χ3n) is 3.59. The lowest BCUT2D eigenvalue weighted by molar-refractivity contribution is -0.248. The predicted octanol–water partition coefficient (Wildman–Crippen LogP) is 3.49. The van der Waals surface area contributed by atoms with Crippen LogP contribution in [0.5, 0.6) is 0 Å². The fourth-order valence-corrected chi connectivity index (χ4v) is 2.60. The van der Waals surface area contributed by atoms with Crippen LogP contribution >= 0.6 is 0 Å². The van der Waals surface area contributed by atoms with Gasteiger partial charge in [0.2, 0.25) is 0 Å². The molecule has 6 nitrogen and oxygen atoms in total. The number of ether oxygens (including phenoxy) is 1. The molecule has 0 aliphatic carbocycles. The number of halogens is 5. The maximum Gasteiger partial charge on any atom is 0.432 e. The van der Waals surface area contributed by atoms with Crippen molar-refractivity contribution in [2.24, 2.45) is 0 Å². The summed E-state index contributed by atoms with van der Waals surface area (Å²) in [5, 5.41) is -5.83. The first-order valence-corrected chi connectivity index (χ1v) is 9.01. The normalized spacial score (nSPS) is 13.6. The fourth-order valence-electron chi connectivity index (χ4n) is 2.15. The first kappa shape index (κ1) is 22.4. The third kappa shape index (κ3) is 4.95. The monoisotopic (exact) mass is 438 g/mol. The SMILES string of the molecule is O=C(OC(C(F)(F)F)C(F)(F)S(=O)(=O)O)c1ccc(C(=O)c2ccccc2)cc1. The summed E-state index contributed by atoms with van der Waals surface area (Å²) < 4.78 is 98.5. The van der Waals surface area contributed by atoms with Gasteiger partial charge in [-0.25, -0.2) is 4.79 Å². The second-order valence-corrected chi connectivity index (χ2v) is 7.13. The molecular weight excluding hydrogens is 427 g/mol. The Morgan fingerprint density at radius 2 is 1.28 bits per heavy atom. The van der Waals surface area contributed by atoms with Gasteiger partial charge in [0.1, 0.15) is 0 Å². The van der Waals surface area contributed by atoms with E-state index in [2.05, 4.69) is 4.74 Å². The van der Waals surface area contributed by atoms with Crippen molar-refractivity contribution in [3.8, 4) is 0 Å². The largest absolute Gasteiger partial charge is 0.441 e. The lowest BCUT2D eigenvalue weighted by Crippen LogP contribution is -2.52. The summed E-state index contributed by atoms with van der Waals surface area (Å²) in [5.41, 5.74) is -0.328. The topological polar surface area (TPSA) is 97.7 Å². The van der Waals surface area contributed by atoms with Gasteiger partial charge in [-0.1, -0.05) is 42.5 Å². The molecule has 0 spiro atoms. The third-order valence-corrected chi connectivity index (χ3v) is 4.49. The number of rotatable bonds is 6. The van der Waals surface area contributed by atoms with Gasteiger partial charge in [-0.3, -0.25) is 9.35 Å². The summed E-state index contributed by atoms with van der Waals surface area (Å²) in [6.45, 7) is 0. The van der Waals surface area contributed by atoms with Crippen molar-refractivity contribution in [3.63, 3.8) is 0 Å². The van der Waals surface area contributed by atoms with Gasteiger partial charge < -0.3 is 4.74 Å². The molecule has 12 heteroatoms. The number of ketones is 1. The number of carbonyl (C=O) groups excluding carboxylic acids is 2. The maximum atomic E-state index is 13.4. The van der Waals surface area contributed by atoms with Crippen LogP contribution in [0.3, 0.4) is 0 Å². The zero-order chi connectivity index (χ0) is 22.0. The van der Waals surface area contributed by atoms with Gasteiger partial charge in [-0.05, 0) is 12.1 Å². The zero-order valence-electron chi connectivity index (χ0n) is 14.1. The van der Waals surface area contributed by atoms with Crippen LogP contribution in [0.2, 0.25) is 0 Å². The molecule has 0 saturated carbocycles. The van der Waals surface area contributed by atoms with Gasteiger partial charge in [-0.2, -0.15) is 30.4 Å². The van der Waals surface area contributed by atoms with Gasteiger partial charge in [0.15, 0.2) is 5.78 Å². The molecule has 1 atom stereocenters. The summed E-state index contributed by atoms with van der Waals surface area (Å²) >= 11 is 0. The average Bonchev–Trinajstić information content (AvgIpc) is 2.64. The van der Waals surface area contributed by atoms with Crippen LogP contribution in [0.25, 0.3) is 0 Å². The Morgan fingerprint density at radius 1 is 0.828 bits per heavy atom. The van der Waals surface area contributed by atoms with Gasteiger partial charge in [0.25, 0.3) is 6.10 Å². The van der Waals surface area contributed by atoms with E-state index < -0.39 is 45.0 Å². The molecule has 0 amide bonds. The van der Waals surface area contributed by atoms with Crippen molar-refractivity contribution in [1.29, 1.82) is 0 Å². The van der Waals surface area contributed by atoms with E-state index in [-0.39, 0.29) is 11.1 Å². The Labute approximate surface area is 160 Å². The van der Waals surface area contributed by atoms with Gasteiger partial charge >= 0.3 is 27.5 Å². The number of hydrogen-bond acceptors (Lipinski definition) is 5. The van der Waals surface area contributed by atoms with E-state index in [9.17, 15) is 40.0 Å². The summed E-state index contributed by atoms with van der Waals surface area (Å²) in [4.78, 5) is 24.0. The molecule has 2 rings (SSSR count). The Morgan fingerprint density at radius 3 is 1.72 bits per heavy atom. The molecule has 1 unspecified atom stereocenters. The van der Waals surface area contributed by atoms with Crippen molar-refractivity contribution in [1.82, 2.24) is 0 Å². The van der Waals surface area contributed by atoms with Crippen molar-refractivity contribution >= 4 is 21.9 Å². The second-order valence-electron chi connectivity index (χ2n) is 5.64. The van der Waals surface area contributed by atoms with Crippen LogP contribution in [0.15, 0.2) is 54.6 Å². The second kappa shape index (κ2) is 7.87. The maximum absolute atomic E-state index is 13.4. The van der Waals surface area contributed by atoms with Crippen LogP contribution in [-0.2, 0) is 14.9 Å². The van der Waals surface area contributed by atoms with Crippen LogP contribution in [0, 0.1) is 0 Å².